The summed E-state index contributed by atoms with van der Waals surface area (Å²) in [6.45, 7) is 0. The van der Waals surface area contributed by atoms with Crippen molar-refractivity contribution in [1.29, 1.82) is 0 Å². The molecule has 0 saturated carbocycles. The van der Waals surface area contributed by atoms with Crippen LogP contribution in [0.5, 0.6) is 0 Å². The molecule has 262 valence electrons. The van der Waals surface area contributed by atoms with E-state index in [9.17, 15) is 0 Å². The molecule has 0 spiro atoms. The van der Waals surface area contributed by atoms with Gasteiger partial charge in [-0.05, 0) is 70.8 Å². The van der Waals surface area contributed by atoms with Gasteiger partial charge in [0, 0.05) is 53.3 Å². The molecule has 0 aliphatic rings. The fourth-order valence-corrected chi connectivity index (χ4v) is 9.25. The fourth-order valence-electron chi connectivity index (χ4n) is 8.00. The zero-order valence-electron chi connectivity index (χ0n) is 30.2. The number of thiophene rings is 1. The van der Waals surface area contributed by atoms with Gasteiger partial charge in [-0.15, -0.1) is 11.3 Å². The van der Waals surface area contributed by atoms with Gasteiger partial charge in [-0.3, -0.25) is 0 Å². The summed E-state index contributed by atoms with van der Waals surface area (Å²) < 4.78 is 5.06. The minimum Gasteiger partial charge on any atom is -0.309 e. The van der Waals surface area contributed by atoms with Crippen LogP contribution in [0.25, 0.3) is 104 Å². The summed E-state index contributed by atoms with van der Waals surface area (Å²) in [5.41, 5.74) is 10.7. The maximum absolute atomic E-state index is 5.11. The molecule has 0 amide bonds. The summed E-state index contributed by atoms with van der Waals surface area (Å²) in [4.78, 5) is 15.2. The van der Waals surface area contributed by atoms with E-state index in [1.807, 2.05) is 72.0 Å². The van der Waals surface area contributed by atoms with Crippen LogP contribution >= 0.6 is 11.3 Å². The predicted octanol–water partition coefficient (Wildman–Crippen LogP) is 13.7. The van der Waals surface area contributed by atoms with Gasteiger partial charge >= 0.3 is 0 Å². The third kappa shape index (κ3) is 5.48. The highest BCUT2D eigenvalue weighted by molar-refractivity contribution is 7.26. The molecule has 0 aliphatic carbocycles. The first-order valence-corrected chi connectivity index (χ1v) is 19.6. The molecule has 4 nitrogen and oxygen atoms in total. The molecule has 0 bridgehead atoms. The third-order valence-electron chi connectivity index (χ3n) is 10.6. The van der Waals surface area contributed by atoms with Crippen molar-refractivity contribution in [3.05, 3.63) is 194 Å². The highest BCUT2D eigenvalue weighted by Gasteiger charge is 2.19. The second kappa shape index (κ2) is 13.3. The summed E-state index contributed by atoms with van der Waals surface area (Å²) in [7, 11) is 0. The van der Waals surface area contributed by atoms with E-state index in [2.05, 4.69) is 138 Å². The Kier molecular flexibility index (Phi) is 7.64. The molecule has 56 heavy (non-hydrogen) atoms. The summed E-state index contributed by atoms with van der Waals surface area (Å²) >= 11 is 1.88. The van der Waals surface area contributed by atoms with Gasteiger partial charge in [0.2, 0.25) is 0 Å². The van der Waals surface area contributed by atoms with E-state index < -0.39 is 0 Å². The van der Waals surface area contributed by atoms with Gasteiger partial charge < -0.3 is 4.57 Å². The fraction of sp³-hybridized carbons (Fsp3) is 0. The number of aromatic nitrogens is 4. The quantitative estimate of drug-likeness (QED) is 0.171. The summed E-state index contributed by atoms with van der Waals surface area (Å²) in [5, 5.41) is 5.18. The summed E-state index contributed by atoms with van der Waals surface area (Å²) in [6.07, 6.45) is 0. The molecule has 3 aromatic heterocycles. The van der Waals surface area contributed by atoms with Gasteiger partial charge in [0.1, 0.15) is 0 Å². The molecule has 11 aromatic rings. The van der Waals surface area contributed by atoms with Gasteiger partial charge in [0.25, 0.3) is 0 Å². The zero-order chi connectivity index (χ0) is 37.0. The van der Waals surface area contributed by atoms with Crippen LogP contribution in [0.2, 0.25) is 0 Å². The largest absolute Gasteiger partial charge is 0.309 e. The Morgan fingerprint density at radius 1 is 0.339 bits per heavy atom. The number of rotatable bonds is 6. The van der Waals surface area contributed by atoms with Crippen LogP contribution in [0.3, 0.4) is 0 Å². The lowest BCUT2D eigenvalue weighted by atomic mass is 9.95. The maximum Gasteiger partial charge on any atom is 0.164 e. The van der Waals surface area contributed by atoms with Gasteiger partial charge in [-0.25, -0.2) is 15.0 Å². The van der Waals surface area contributed by atoms with E-state index in [0.29, 0.717) is 17.5 Å². The van der Waals surface area contributed by atoms with Gasteiger partial charge in [-0.1, -0.05) is 146 Å². The second-order valence-electron chi connectivity index (χ2n) is 14.0. The average Bonchev–Trinajstić information content (AvgIpc) is 3.83. The molecule has 0 radical (unpaired) electrons. The van der Waals surface area contributed by atoms with Crippen molar-refractivity contribution < 1.29 is 0 Å². The van der Waals surface area contributed by atoms with E-state index in [0.717, 1.165) is 44.6 Å². The number of benzene rings is 8. The smallest absolute Gasteiger partial charge is 0.164 e. The number of hydrogen-bond acceptors (Lipinski definition) is 4. The van der Waals surface area contributed by atoms with Crippen molar-refractivity contribution in [2.75, 3.05) is 0 Å². The minimum absolute atomic E-state index is 0.627. The number of fused-ring (bicyclic) bond motifs is 7. The van der Waals surface area contributed by atoms with Gasteiger partial charge in [0.15, 0.2) is 17.5 Å². The van der Waals surface area contributed by atoms with Crippen molar-refractivity contribution in [1.82, 2.24) is 19.5 Å². The predicted molar refractivity (Wildman–Crippen MR) is 234 cm³/mol. The highest BCUT2D eigenvalue weighted by Crippen LogP contribution is 2.43. The molecule has 0 aliphatic heterocycles. The Morgan fingerprint density at radius 3 is 1.57 bits per heavy atom. The first-order valence-electron chi connectivity index (χ1n) is 18.8. The van der Waals surface area contributed by atoms with E-state index in [4.69, 9.17) is 15.0 Å². The lowest BCUT2D eigenvalue weighted by Crippen LogP contribution is -2.00. The molecule has 8 aromatic carbocycles. The first kappa shape index (κ1) is 32.2. The number of para-hydroxylation sites is 1. The molecule has 5 heteroatoms. The Bertz CT molecular complexity index is 3180. The van der Waals surface area contributed by atoms with Crippen molar-refractivity contribution in [3.63, 3.8) is 0 Å². The van der Waals surface area contributed by atoms with Crippen molar-refractivity contribution in [2.24, 2.45) is 0 Å². The molecule has 0 saturated heterocycles. The van der Waals surface area contributed by atoms with Gasteiger partial charge in [0.05, 0.1) is 11.0 Å². The maximum atomic E-state index is 5.11. The van der Waals surface area contributed by atoms with Crippen LogP contribution in [0.15, 0.2) is 194 Å². The van der Waals surface area contributed by atoms with Crippen LogP contribution in [-0.2, 0) is 0 Å². The van der Waals surface area contributed by atoms with Crippen LogP contribution in [0.1, 0.15) is 0 Å². The molecule has 0 fully saturated rings. The van der Waals surface area contributed by atoms with Crippen LogP contribution in [-0.4, -0.2) is 19.5 Å². The van der Waals surface area contributed by atoms with Crippen LogP contribution in [0.4, 0.5) is 0 Å². The first-order chi connectivity index (χ1) is 27.7. The molecule has 11 rings (SSSR count). The van der Waals surface area contributed by atoms with Crippen LogP contribution < -0.4 is 0 Å². The molecule has 0 N–H and O–H groups in total. The average molecular weight is 733 g/mol. The molecule has 3 heterocycles. The van der Waals surface area contributed by atoms with E-state index in [1.54, 1.807) is 0 Å². The molecule has 0 unspecified atom stereocenters. The third-order valence-corrected chi connectivity index (χ3v) is 11.8. The van der Waals surface area contributed by atoms with Crippen molar-refractivity contribution >= 4 is 53.3 Å². The lowest BCUT2D eigenvalue weighted by Gasteiger charge is -2.14. The summed E-state index contributed by atoms with van der Waals surface area (Å²) in [5.74, 6) is 1.91. The SMILES string of the molecule is c1ccc(-c2cc(-c3cccc(-n4c5ccccc5c5c6sc7ccccc7c6ccc54)c3)cc(-c3nc(-c4ccccc4)nc(-c4ccccc4)n3)c2)cc1. The van der Waals surface area contributed by atoms with Gasteiger partial charge in [-0.2, -0.15) is 0 Å². The summed E-state index contributed by atoms with van der Waals surface area (Å²) in [6, 6.07) is 68.6. The highest BCUT2D eigenvalue weighted by atomic mass is 32.1. The Balaban J connectivity index is 1.11. The van der Waals surface area contributed by atoms with E-state index >= 15 is 0 Å². The monoisotopic (exact) mass is 732 g/mol. The lowest BCUT2D eigenvalue weighted by molar-refractivity contribution is 1.07. The van der Waals surface area contributed by atoms with Crippen molar-refractivity contribution in [2.45, 2.75) is 0 Å². The Hall–Kier alpha value is -7.21. The van der Waals surface area contributed by atoms with E-state index in [-0.39, 0.29) is 0 Å². The van der Waals surface area contributed by atoms with Crippen LogP contribution in [0, 0.1) is 0 Å². The molecular weight excluding hydrogens is 701 g/mol. The number of nitrogens with zero attached hydrogens (tertiary/aromatic N) is 4. The standard InChI is InChI=1S/C51H32N4S/c1-4-15-33(16-5-1)37-29-38(31-39(30-37)51-53-49(34-17-6-2-7-18-34)52-50(54-51)35-19-8-3-9-20-35)36-21-14-22-40(32-36)55-44-25-12-10-24-43(44)47-45(55)28-27-42-41-23-11-13-26-46(41)56-48(42)47/h1-32H. The Labute approximate surface area is 327 Å². The minimum atomic E-state index is 0.627. The molecule has 0 atom stereocenters. The topological polar surface area (TPSA) is 43.6 Å². The second-order valence-corrected chi connectivity index (χ2v) is 15.1. The normalized spacial score (nSPS) is 11.6. The molecular formula is C51H32N4S. The zero-order valence-corrected chi connectivity index (χ0v) is 31.0. The van der Waals surface area contributed by atoms with E-state index in [1.165, 1.54) is 42.0 Å². The Morgan fingerprint density at radius 2 is 0.875 bits per heavy atom. The number of hydrogen-bond donors (Lipinski definition) is 0. The van der Waals surface area contributed by atoms with Crippen molar-refractivity contribution in [3.8, 4) is 62.1 Å².